The van der Waals surface area contributed by atoms with E-state index in [9.17, 15) is 9.59 Å². The van der Waals surface area contributed by atoms with E-state index in [1.165, 1.54) is 4.68 Å². The molecule has 0 radical (unpaired) electrons. The number of nitrogens with two attached hydrogens (primary N) is 1. The van der Waals surface area contributed by atoms with Crippen LogP contribution in [-0.4, -0.2) is 38.8 Å². The van der Waals surface area contributed by atoms with E-state index in [0.29, 0.717) is 12.2 Å². The topological polar surface area (TPSA) is 94.1 Å². The molecule has 7 heteroatoms. The largest absolute Gasteiger partial charge is 0.364 e. The summed E-state index contributed by atoms with van der Waals surface area (Å²) in [5.74, 6) is -0.772. The average Bonchev–Trinajstić information content (AvgIpc) is 2.81. The maximum Gasteiger partial charge on any atom is 0.271 e. The van der Waals surface area contributed by atoms with Gasteiger partial charge in [-0.05, 0) is 12.5 Å². The zero-order valence-electron chi connectivity index (χ0n) is 12.0. The number of primary amides is 1. The predicted molar refractivity (Wildman–Crippen MR) is 76.2 cm³/mol. The fraction of sp³-hybridized carbons (Fsp3) is 0.286. The first-order chi connectivity index (χ1) is 9.99. The number of benzene rings is 1. The molecular weight excluding hydrogens is 270 g/mol. The Labute approximate surface area is 122 Å². The van der Waals surface area contributed by atoms with Gasteiger partial charge in [0, 0.05) is 13.6 Å². The minimum atomic E-state index is -0.649. The minimum absolute atomic E-state index is 0.0233. The van der Waals surface area contributed by atoms with Crippen molar-refractivity contribution in [2.75, 3.05) is 7.05 Å². The van der Waals surface area contributed by atoms with Gasteiger partial charge in [0.15, 0.2) is 5.69 Å². The van der Waals surface area contributed by atoms with Gasteiger partial charge in [0.05, 0.1) is 5.69 Å². The van der Waals surface area contributed by atoms with Crippen LogP contribution in [0.5, 0.6) is 0 Å². The van der Waals surface area contributed by atoms with Crippen LogP contribution in [0.1, 0.15) is 21.7 Å². The van der Waals surface area contributed by atoms with Gasteiger partial charge in [0.2, 0.25) is 5.91 Å². The molecule has 110 valence electrons. The monoisotopic (exact) mass is 287 g/mol. The number of nitrogens with zero attached hydrogens (tertiary/aromatic N) is 4. The van der Waals surface area contributed by atoms with Crippen molar-refractivity contribution in [2.24, 2.45) is 5.73 Å². The maximum atomic E-state index is 12.2. The van der Waals surface area contributed by atoms with Crippen molar-refractivity contribution in [3.05, 3.63) is 47.3 Å². The van der Waals surface area contributed by atoms with E-state index < -0.39 is 5.91 Å². The van der Waals surface area contributed by atoms with Crippen molar-refractivity contribution in [3.8, 4) is 0 Å². The lowest BCUT2D eigenvalue weighted by atomic mass is 10.2. The van der Waals surface area contributed by atoms with Gasteiger partial charge in [0.25, 0.3) is 5.91 Å². The molecule has 0 aliphatic heterocycles. The van der Waals surface area contributed by atoms with E-state index in [2.05, 4.69) is 10.3 Å². The standard InChI is InChI=1S/C14H17N5O2/c1-10-13(14(15)21)16-17-19(10)9-12(20)18(2)8-11-6-4-3-5-7-11/h3-7H,8-9H2,1-2H3,(H2,15,21). The molecule has 21 heavy (non-hydrogen) atoms. The Morgan fingerprint density at radius 1 is 1.29 bits per heavy atom. The van der Waals surface area contributed by atoms with Gasteiger partial charge in [-0.15, -0.1) is 5.10 Å². The van der Waals surface area contributed by atoms with Crippen molar-refractivity contribution < 1.29 is 9.59 Å². The molecule has 2 N–H and O–H groups in total. The highest BCUT2D eigenvalue weighted by molar-refractivity contribution is 5.91. The maximum absolute atomic E-state index is 12.2. The third-order valence-corrected chi connectivity index (χ3v) is 3.19. The molecule has 1 aromatic heterocycles. The fourth-order valence-corrected chi connectivity index (χ4v) is 1.93. The van der Waals surface area contributed by atoms with E-state index >= 15 is 0 Å². The second-order valence-corrected chi connectivity index (χ2v) is 4.78. The van der Waals surface area contributed by atoms with Crippen LogP contribution in [0.15, 0.2) is 30.3 Å². The molecule has 0 bridgehead atoms. The van der Waals surface area contributed by atoms with E-state index in [1.807, 2.05) is 30.3 Å². The Hall–Kier alpha value is -2.70. The Kier molecular flexibility index (Phi) is 4.32. The molecule has 1 heterocycles. The molecule has 0 saturated heterocycles. The third kappa shape index (κ3) is 3.44. The molecule has 0 aliphatic carbocycles. The molecule has 0 atom stereocenters. The molecular formula is C14H17N5O2. The van der Waals surface area contributed by atoms with Gasteiger partial charge < -0.3 is 10.6 Å². The number of hydrogen-bond donors (Lipinski definition) is 1. The van der Waals surface area contributed by atoms with Crippen LogP contribution in [0.25, 0.3) is 0 Å². The molecule has 0 aliphatic rings. The van der Waals surface area contributed by atoms with Crippen molar-refractivity contribution >= 4 is 11.8 Å². The summed E-state index contributed by atoms with van der Waals surface area (Å²) in [7, 11) is 1.72. The van der Waals surface area contributed by atoms with Crippen LogP contribution in [-0.2, 0) is 17.9 Å². The van der Waals surface area contributed by atoms with Crippen molar-refractivity contribution in [1.29, 1.82) is 0 Å². The predicted octanol–water partition coefficient (Wildman–Crippen LogP) is 0.344. The zero-order valence-corrected chi connectivity index (χ0v) is 12.0. The number of amides is 2. The Morgan fingerprint density at radius 2 is 1.95 bits per heavy atom. The summed E-state index contributed by atoms with van der Waals surface area (Å²) in [5.41, 5.74) is 6.79. The lowest BCUT2D eigenvalue weighted by Crippen LogP contribution is -2.30. The van der Waals surface area contributed by atoms with E-state index in [0.717, 1.165) is 5.56 Å². The zero-order chi connectivity index (χ0) is 15.4. The highest BCUT2D eigenvalue weighted by Gasteiger charge is 2.17. The van der Waals surface area contributed by atoms with Gasteiger partial charge in [-0.3, -0.25) is 9.59 Å². The summed E-state index contributed by atoms with van der Waals surface area (Å²) < 4.78 is 1.38. The van der Waals surface area contributed by atoms with Crippen LogP contribution in [0.2, 0.25) is 0 Å². The second-order valence-electron chi connectivity index (χ2n) is 4.78. The molecule has 0 fully saturated rings. The Morgan fingerprint density at radius 3 is 2.52 bits per heavy atom. The minimum Gasteiger partial charge on any atom is -0.364 e. The van der Waals surface area contributed by atoms with Gasteiger partial charge in [-0.1, -0.05) is 35.5 Å². The quantitative estimate of drug-likeness (QED) is 0.858. The summed E-state index contributed by atoms with van der Waals surface area (Å²) in [5, 5.41) is 7.46. The normalized spacial score (nSPS) is 10.4. The molecule has 0 spiro atoms. The lowest BCUT2D eigenvalue weighted by Gasteiger charge is -2.17. The first kappa shape index (κ1) is 14.7. The SMILES string of the molecule is Cc1c(C(N)=O)nnn1CC(=O)N(C)Cc1ccccc1. The highest BCUT2D eigenvalue weighted by Crippen LogP contribution is 2.06. The van der Waals surface area contributed by atoms with Crippen LogP contribution in [0.3, 0.4) is 0 Å². The first-order valence-corrected chi connectivity index (χ1v) is 6.47. The third-order valence-electron chi connectivity index (χ3n) is 3.19. The number of rotatable bonds is 5. The number of aromatic nitrogens is 3. The van der Waals surface area contributed by atoms with Crippen LogP contribution < -0.4 is 5.73 Å². The summed E-state index contributed by atoms with van der Waals surface area (Å²) in [6.07, 6.45) is 0. The molecule has 2 amide bonds. The molecule has 0 unspecified atom stereocenters. The number of hydrogen-bond acceptors (Lipinski definition) is 4. The summed E-state index contributed by atoms with van der Waals surface area (Å²) in [6, 6.07) is 9.68. The fourth-order valence-electron chi connectivity index (χ4n) is 1.93. The first-order valence-electron chi connectivity index (χ1n) is 6.47. The average molecular weight is 287 g/mol. The van der Waals surface area contributed by atoms with Crippen LogP contribution in [0.4, 0.5) is 0 Å². The Balaban J connectivity index is 2.02. The van der Waals surface area contributed by atoms with Gasteiger partial charge in [0.1, 0.15) is 6.54 Å². The smallest absolute Gasteiger partial charge is 0.271 e. The summed E-state index contributed by atoms with van der Waals surface area (Å²) >= 11 is 0. The lowest BCUT2D eigenvalue weighted by molar-refractivity contribution is -0.131. The second kappa shape index (κ2) is 6.17. The van der Waals surface area contributed by atoms with Gasteiger partial charge in [-0.2, -0.15) is 0 Å². The summed E-state index contributed by atoms with van der Waals surface area (Å²) in [4.78, 5) is 24.9. The van der Waals surface area contributed by atoms with Crippen LogP contribution in [0, 0.1) is 6.92 Å². The van der Waals surface area contributed by atoms with E-state index in [-0.39, 0.29) is 18.1 Å². The van der Waals surface area contributed by atoms with E-state index in [4.69, 9.17) is 5.73 Å². The van der Waals surface area contributed by atoms with Gasteiger partial charge in [-0.25, -0.2) is 4.68 Å². The molecule has 0 saturated carbocycles. The Bertz CT molecular complexity index is 651. The van der Waals surface area contributed by atoms with Crippen LogP contribution >= 0.6 is 0 Å². The number of carbonyl (C=O) groups excluding carboxylic acids is 2. The van der Waals surface area contributed by atoms with Gasteiger partial charge >= 0.3 is 0 Å². The molecule has 1 aromatic carbocycles. The van der Waals surface area contributed by atoms with Crippen molar-refractivity contribution in [2.45, 2.75) is 20.0 Å². The van der Waals surface area contributed by atoms with Crippen molar-refractivity contribution in [3.63, 3.8) is 0 Å². The molecule has 2 rings (SSSR count). The molecule has 7 nitrogen and oxygen atoms in total. The van der Waals surface area contributed by atoms with E-state index in [1.54, 1.807) is 18.9 Å². The summed E-state index contributed by atoms with van der Waals surface area (Å²) in [6.45, 7) is 2.19. The highest BCUT2D eigenvalue weighted by atomic mass is 16.2. The number of likely N-dealkylation sites (N-methyl/N-ethyl adjacent to an activating group) is 1. The van der Waals surface area contributed by atoms with Crippen molar-refractivity contribution in [1.82, 2.24) is 19.9 Å². The number of carbonyl (C=O) groups is 2. The molecule has 2 aromatic rings.